The second kappa shape index (κ2) is 8.62. The van der Waals surface area contributed by atoms with Crippen LogP contribution in [0.2, 0.25) is 5.02 Å². The van der Waals surface area contributed by atoms with Gasteiger partial charge in [-0.3, -0.25) is 0 Å². The van der Waals surface area contributed by atoms with E-state index < -0.39 is 0 Å². The van der Waals surface area contributed by atoms with Crippen LogP contribution in [-0.2, 0) is 0 Å². The van der Waals surface area contributed by atoms with E-state index in [4.69, 9.17) is 16.0 Å². The van der Waals surface area contributed by atoms with E-state index in [0.29, 0.717) is 0 Å². The van der Waals surface area contributed by atoms with Crippen LogP contribution >= 0.6 is 11.6 Å². The van der Waals surface area contributed by atoms with Gasteiger partial charge in [0, 0.05) is 32.3 Å². The Morgan fingerprint density at radius 3 is 1.74 bits per heavy atom. The third kappa shape index (κ3) is 3.57. The number of rotatable bonds is 3. The van der Waals surface area contributed by atoms with E-state index in [-0.39, 0.29) is 0 Å². The number of aromatic nitrogens is 1. The molecule has 0 radical (unpaired) electrons. The van der Waals surface area contributed by atoms with Crippen LogP contribution in [0, 0.1) is 0 Å². The summed E-state index contributed by atoms with van der Waals surface area (Å²) in [5.74, 6) is 0. The molecule has 0 unspecified atom stereocenters. The molecular formula is C36H22ClNO. The molecule has 0 saturated heterocycles. The SMILES string of the molecule is Clc1ccc(-c2ccc3oc4ccc(-c5ccc6c7ccccc7n(-c7ccccc7)c6c5)cc4c3c2)cc1. The zero-order valence-electron chi connectivity index (χ0n) is 20.9. The molecule has 184 valence electrons. The Hall–Kier alpha value is -4.79. The fourth-order valence-electron chi connectivity index (χ4n) is 5.78. The van der Waals surface area contributed by atoms with E-state index in [2.05, 4.69) is 126 Å². The van der Waals surface area contributed by atoms with Crippen LogP contribution in [0.4, 0.5) is 0 Å². The standard InChI is InChI=1S/C36H22ClNO/c37-27-15-10-23(11-16-27)24-13-18-35-31(20-24)32-21-25(14-19-36(32)39-35)26-12-17-30-29-8-4-5-9-33(29)38(34(30)22-26)28-6-2-1-3-7-28/h1-22H. The summed E-state index contributed by atoms with van der Waals surface area (Å²) in [4.78, 5) is 0. The van der Waals surface area contributed by atoms with Crippen molar-refractivity contribution in [2.45, 2.75) is 0 Å². The molecule has 3 heteroatoms. The maximum Gasteiger partial charge on any atom is 0.135 e. The minimum absolute atomic E-state index is 0.738. The molecule has 0 N–H and O–H groups in total. The summed E-state index contributed by atoms with van der Waals surface area (Å²) < 4.78 is 8.57. The van der Waals surface area contributed by atoms with E-state index >= 15 is 0 Å². The highest BCUT2D eigenvalue weighted by Crippen LogP contribution is 2.38. The molecule has 2 aromatic heterocycles. The van der Waals surface area contributed by atoms with Crippen LogP contribution in [0.1, 0.15) is 0 Å². The Balaban J connectivity index is 1.32. The van der Waals surface area contributed by atoms with Gasteiger partial charge in [0.15, 0.2) is 0 Å². The second-order valence-corrected chi connectivity index (χ2v) is 10.4. The first-order valence-corrected chi connectivity index (χ1v) is 13.4. The molecule has 8 aromatic rings. The molecular weight excluding hydrogens is 498 g/mol. The van der Waals surface area contributed by atoms with Gasteiger partial charge in [0.2, 0.25) is 0 Å². The first-order valence-electron chi connectivity index (χ1n) is 13.0. The zero-order valence-corrected chi connectivity index (χ0v) is 21.7. The average molecular weight is 520 g/mol. The lowest BCUT2D eigenvalue weighted by Gasteiger charge is -2.09. The van der Waals surface area contributed by atoms with Gasteiger partial charge >= 0.3 is 0 Å². The van der Waals surface area contributed by atoms with Crippen LogP contribution in [0.3, 0.4) is 0 Å². The maximum atomic E-state index is 6.22. The van der Waals surface area contributed by atoms with Crippen molar-refractivity contribution >= 4 is 55.3 Å². The lowest BCUT2D eigenvalue weighted by Crippen LogP contribution is -1.93. The van der Waals surface area contributed by atoms with Gasteiger partial charge in [-0.2, -0.15) is 0 Å². The number of halogens is 1. The van der Waals surface area contributed by atoms with E-state index in [1.165, 1.54) is 27.4 Å². The largest absolute Gasteiger partial charge is 0.456 e. The van der Waals surface area contributed by atoms with Crippen LogP contribution in [0.5, 0.6) is 0 Å². The van der Waals surface area contributed by atoms with Crippen molar-refractivity contribution < 1.29 is 4.42 Å². The third-order valence-corrected chi connectivity index (χ3v) is 7.92. The quantitative estimate of drug-likeness (QED) is 0.227. The molecule has 0 aliphatic heterocycles. The number of furan rings is 1. The number of hydrogen-bond donors (Lipinski definition) is 0. The highest BCUT2D eigenvalue weighted by Gasteiger charge is 2.14. The normalized spacial score (nSPS) is 11.7. The van der Waals surface area contributed by atoms with Gasteiger partial charge in [0.25, 0.3) is 0 Å². The number of hydrogen-bond acceptors (Lipinski definition) is 1. The molecule has 0 aliphatic rings. The molecule has 0 spiro atoms. The molecule has 2 nitrogen and oxygen atoms in total. The number of fused-ring (bicyclic) bond motifs is 6. The van der Waals surface area contributed by atoms with Crippen molar-refractivity contribution in [3.05, 3.63) is 138 Å². The molecule has 39 heavy (non-hydrogen) atoms. The molecule has 0 bridgehead atoms. The monoisotopic (exact) mass is 519 g/mol. The summed E-state index contributed by atoms with van der Waals surface area (Å²) in [5, 5.41) is 5.47. The first-order chi connectivity index (χ1) is 19.2. The van der Waals surface area contributed by atoms with Crippen LogP contribution < -0.4 is 0 Å². The highest BCUT2D eigenvalue weighted by atomic mass is 35.5. The topological polar surface area (TPSA) is 18.1 Å². The van der Waals surface area contributed by atoms with Gasteiger partial charge in [-0.05, 0) is 82.9 Å². The van der Waals surface area contributed by atoms with Gasteiger partial charge in [0.05, 0.1) is 11.0 Å². The van der Waals surface area contributed by atoms with E-state index in [9.17, 15) is 0 Å². The molecule has 8 rings (SSSR count). The number of para-hydroxylation sites is 2. The Kier molecular flexibility index (Phi) is 4.91. The van der Waals surface area contributed by atoms with E-state index in [1.807, 2.05) is 12.1 Å². The molecule has 2 heterocycles. The van der Waals surface area contributed by atoms with E-state index in [0.717, 1.165) is 49.3 Å². The zero-order chi connectivity index (χ0) is 25.9. The summed E-state index contributed by atoms with van der Waals surface area (Å²) in [7, 11) is 0. The van der Waals surface area contributed by atoms with Crippen LogP contribution in [0.25, 0.3) is 71.7 Å². The summed E-state index contributed by atoms with van der Waals surface area (Å²) in [6.07, 6.45) is 0. The fourth-order valence-corrected chi connectivity index (χ4v) is 5.91. The van der Waals surface area contributed by atoms with Gasteiger partial charge in [-0.1, -0.05) is 84.4 Å². The summed E-state index contributed by atoms with van der Waals surface area (Å²) in [6, 6.07) is 46.8. The molecule has 0 amide bonds. The van der Waals surface area contributed by atoms with Crippen molar-refractivity contribution in [3.8, 4) is 27.9 Å². The third-order valence-electron chi connectivity index (χ3n) is 7.67. The maximum absolute atomic E-state index is 6.22. The van der Waals surface area contributed by atoms with E-state index in [1.54, 1.807) is 0 Å². The van der Waals surface area contributed by atoms with Crippen LogP contribution in [-0.4, -0.2) is 4.57 Å². The minimum atomic E-state index is 0.738. The molecule has 0 aliphatic carbocycles. The molecule has 6 aromatic carbocycles. The highest BCUT2D eigenvalue weighted by molar-refractivity contribution is 6.30. The summed E-state index contributed by atoms with van der Waals surface area (Å²) in [6.45, 7) is 0. The van der Waals surface area contributed by atoms with Gasteiger partial charge in [-0.25, -0.2) is 0 Å². The van der Waals surface area contributed by atoms with Gasteiger partial charge in [0.1, 0.15) is 11.2 Å². The van der Waals surface area contributed by atoms with Gasteiger partial charge < -0.3 is 8.98 Å². The molecule has 0 atom stereocenters. The average Bonchev–Trinajstić information content (AvgIpc) is 3.52. The van der Waals surface area contributed by atoms with Crippen molar-refractivity contribution in [2.24, 2.45) is 0 Å². The predicted molar refractivity (Wildman–Crippen MR) is 164 cm³/mol. The summed E-state index contributed by atoms with van der Waals surface area (Å²) >= 11 is 6.12. The molecule has 0 saturated carbocycles. The smallest absolute Gasteiger partial charge is 0.135 e. The minimum Gasteiger partial charge on any atom is -0.456 e. The Labute approximate surface area is 230 Å². The Morgan fingerprint density at radius 1 is 0.436 bits per heavy atom. The number of benzene rings is 6. The first kappa shape index (κ1) is 22.2. The molecule has 0 fully saturated rings. The predicted octanol–water partition coefficient (Wildman–Crippen LogP) is 10.7. The van der Waals surface area contributed by atoms with Crippen molar-refractivity contribution in [1.29, 1.82) is 0 Å². The van der Waals surface area contributed by atoms with Gasteiger partial charge in [-0.15, -0.1) is 0 Å². The Bertz CT molecular complexity index is 2170. The fraction of sp³-hybridized carbons (Fsp3) is 0. The lowest BCUT2D eigenvalue weighted by atomic mass is 9.99. The van der Waals surface area contributed by atoms with Crippen molar-refractivity contribution in [3.63, 3.8) is 0 Å². The van der Waals surface area contributed by atoms with Crippen molar-refractivity contribution in [1.82, 2.24) is 4.57 Å². The lowest BCUT2D eigenvalue weighted by molar-refractivity contribution is 0.669. The van der Waals surface area contributed by atoms with Crippen molar-refractivity contribution in [2.75, 3.05) is 0 Å². The Morgan fingerprint density at radius 2 is 1.00 bits per heavy atom. The summed E-state index contributed by atoms with van der Waals surface area (Å²) in [5.41, 5.74) is 9.95. The second-order valence-electron chi connectivity index (χ2n) is 9.95. The van der Waals surface area contributed by atoms with Crippen LogP contribution in [0.15, 0.2) is 138 Å². The number of nitrogens with zero attached hydrogens (tertiary/aromatic N) is 1.